The monoisotopic (exact) mass is 326 g/mol. The Bertz CT molecular complexity index is 760. The molecule has 0 saturated carbocycles. The summed E-state index contributed by atoms with van der Waals surface area (Å²) in [6.07, 6.45) is 0.745. The first-order valence-corrected chi connectivity index (χ1v) is 8.42. The van der Waals surface area contributed by atoms with Gasteiger partial charge in [-0.1, -0.05) is 18.2 Å². The number of para-hydroxylation sites is 1. The summed E-state index contributed by atoms with van der Waals surface area (Å²) < 4.78 is 1.90. The van der Waals surface area contributed by atoms with E-state index in [9.17, 15) is 0 Å². The molecule has 0 unspecified atom stereocenters. The van der Waals surface area contributed by atoms with Crippen LogP contribution in [0.4, 0.5) is 5.69 Å². The highest BCUT2D eigenvalue weighted by atomic mass is 16.3. The molecular formula is C17H22N6O. The number of nitrogens with zero attached hydrogens (tertiary/aromatic N) is 6. The molecule has 7 heteroatoms. The van der Waals surface area contributed by atoms with Crippen molar-refractivity contribution in [3.8, 4) is 0 Å². The third-order valence-corrected chi connectivity index (χ3v) is 4.60. The lowest BCUT2D eigenvalue weighted by Gasteiger charge is -2.35. The normalized spacial score (nSPS) is 17.9. The quantitative estimate of drug-likeness (QED) is 0.877. The van der Waals surface area contributed by atoms with Crippen LogP contribution in [0.1, 0.15) is 17.2 Å². The predicted molar refractivity (Wildman–Crippen MR) is 91.6 cm³/mol. The number of hydrogen-bond acceptors (Lipinski definition) is 6. The zero-order chi connectivity index (χ0) is 16.5. The van der Waals surface area contributed by atoms with E-state index in [1.807, 2.05) is 23.7 Å². The van der Waals surface area contributed by atoms with Crippen molar-refractivity contribution in [1.82, 2.24) is 24.6 Å². The molecule has 4 rings (SSSR count). The lowest BCUT2D eigenvalue weighted by molar-refractivity contribution is 0.145. The summed E-state index contributed by atoms with van der Waals surface area (Å²) in [6, 6.07) is 8.22. The minimum atomic E-state index is 0.209. The number of benzene rings is 1. The molecule has 0 atom stereocenters. The Labute approximate surface area is 141 Å². The third kappa shape index (κ3) is 2.81. The van der Waals surface area contributed by atoms with E-state index in [1.165, 1.54) is 5.56 Å². The zero-order valence-electron chi connectivity index (χ0n) is 13.9. The van der Waals surface area contributed by atoms with Crippen LogP contribution in [0.5, 0.6) is 0 Å². The number of aromatic nitrogens is 3. The SMILES string of the molecule is Cc1nc2n(n1)C(N1CCN(CCO)CC1)=Nc1ccccc1C2. The highest BCUT2D eigenvalue weighted by molar-refractivity contribution is 5.86. The number of aliphatic hydroxyl groups excluding tert-OH is 1. The lowest BCUT2D eigenvalue weighted by atomic mass is 10.1. The number of rotatable bonds is 2. The molecule has 7 nitrogen and oxygen atoms in total. The number of piperazine rings is 1. The van der Waals surface area contributed by atoms with Crippen molar-refractivity contribution >= 4 is 11.6 Å². The molecule has 1 saturated heterocycles. The molecule has 2 aromatic rings. The minimum absolute atomic E-state index is 0.209. The Morgan fingerprint density at radius 1 is 1.12 bits per heavy atom. The average Bonchev–Trinajstić information content (AvgIpc) is 2.88. The van der Waals surface area contributed by atoms with Crippen LogP contribution in [0.25, 0.3) is 0 Å². The van der Waals surface area contributed by atoms with Crippen LogP contribution in [0.2, 0.25) is 0 Å². The fraction of sp³-hybridized carbons (Fsp3) is 0.471. The summed E-state index contributed by atoms with van der Waals surface area (Å²) in [5.41, 5.74) is 2.18. The van der Waals surface area contributed by atoms with Crippen molar-refractivity contribution in [2.24, 2.45) is 4.99 Å². The van der Waals surface area contributed by atoms with Gasteiger partial charge in [-0.25, -0.2) is 9.98 Å². The highest BCUT2D eigenvalue weighted by Crippen LogP contribution is 2.25. The van der Waals surface area contributed by atoms with Crippen molar-refractivity contribution in [3.63, 3.8) is 0 Å². The standard InChI is InChI=1S/C17H22N6O/c1-13-18-16-12-14-4-2-3-5-15(14)19-17(23(16)20-13)22-8-6-21(7-9-22)10-11-24/h2-5,24H,6-12H2,1H3. The van der Waals surface area contributed by atoms with Crippen molar-refractivity contribution in [3.05, 3.63) is 41.5 Å². The van der Waals surface area contributed by atoms with Gasteiger partial charge in [0.15, 0.2) is 0 Å². The molecule has 0 aliphatic carbocycles. The maximum Gasteiger partial charge on any atom is 0.228 e. The van der Waals surface area contributed by atoms with Crippen molar-refractivity contribution in [2.45, 2.75) is 13.3 Å². The van der Waals surface area contributed by atoms with Crippen molar-refractivity contribution in [2.75, 3.05) is 39.3 Å². The average molecular weight is 326 g/mol. The Hall–Kier alpha value is -2.25. The molecule has 0 bridgehead atoms. The molecule has 1 aromatic carbocycles. The largest absolute Gasteiger partial charge is 0.395 e. The first-order chi connectivity index (χ1) is 11.7. The summed E-state index contributed by atoms with van der Waals surface area (Å²) in [5, 5.41) is 13.7. The van der Waals surface area contributed by atoms with E-state index in [0.29, 0.717) is 0 Å². The number of fused-ring (bicyclic) bond motifs is 2. The Morgan fingerprint density at radius 2 is 1.92 bits per heavy atom. The molecule has 24 heavy (non-hydrogen) atoms. The summed E-state index contributed by atoms with van der Waals surface area (Å²) in [4.78, 5) is 14.1. The molecule has 3 heterocycles. The van der Waals surface area contributed by atoms with Crippen LogP contribution in [-0.2, 0) is 6.42 Å². The second-order valence-corrected chi connectivity index (χ2v) is 6.26. The second-order valence-electron chi connectivity index (χ2n) is 6.26. The molecule has 0 spiro atoms. The highest BCUT2D eigenvalue weighted by Gasteiger charge is 2.26. The first kappa shape index (κ1) is 15.3. The number of β-amino-alcohol motifs (C(OH)–C–C–N with tert-alkyl or cyclic N) is 1. The Kier molecular flexibility index (Phi) is 4.03. The summed E-state index contributed by atoms with van der Waals surface area (Å²) in [5.74, 6) is 2.57. The van der Waals surface area contributed by atoms with E-state index in [2.05, 4.69) is 32.0 Å². The van der Waals surface area contributed by atoms with Gasteiger partial charge in [-0.15, -0.1) is 5.10 Å². The van der Waals surface area contributed by atoms with E-state index in [0.717, 1.165) is 62.4 Å². The van der Waals surface area contributed by atoms with Gasteiger partial charge >= 0.3 is 0 Å². The van der Waals surface area contributed by atoms with Gasteiger partial charge in [0.2, 0.25) is 5.96 Å². The summed E-state index contributed by atoms with van der Waals surface area (Å²) in [7, 11) is 0. The third-order valence-electron chi connectivity index (χ3n) is 4.60. The van der Waals surface area contributed by atoms with E-state index in [1.54, 1.807) is 0 Å². The molecule has 1 fully saturated rings. The molecule has 2 aliphatic rings. The maximum absolute atomic E-state index is 9.11. The van der Waals surface area contributed by atoms with Crippen molar-refractivity contribution in [1.29, 1.82) is 0 Å². The smallest absolute Gasteiger partial charge is 0.228 e. The van der Waals surface area contributed by atoms with E-state index >= 15 is 0 Å². The maximum atomic E-state index is 9.11. The van der Waals surface area contributed by atoms with Gasteiger partial charge < -0.3 is 10.0 Å². The van der Waals surface area contributed by atoms with Gasteiger partial charge in [0.05, 0.1) is 12.3 Å². The topological polar surface area (TPSA) is 69.8 Å². The van der Waals surface area contributed by atoms with E-state index < -0.39 is 0 Å². The Balaban J connectivity index is 1.69. The van der Waals surface area contributed by atoms with Crippen LogP contribution in [0, 0.1) is 6.92 Å². The molecule has 0 amide bonds. The van der Waals surface area contributed by atoms with Gasteiger partial charge in [-0.2, -0.15) is 4.68 Å². The van der Waals surface area contributed by atoms with Crippen LogP contribution in [0.15, 0.2) is 29.3 Å². The van der Waals surface area contributed by atoms with Crippen LogP contribution < -0.4 is 0 Å². The Morgan fingerprint density at radius 3 is 2.71 bits per heavy atom. The molecule has 2 aliphatic heterocycles. The fourth-order valence-corrected chi connectivity index (χ4v) is 3.35. The van der Waals surface area contributed by atoms with Crippen LogP contribution >= 0.6 is 0 Å². The fourth-order valence-electron chi connectivity index (χ4n) is 3.35. The lowest BCUT2D eigenvalue weighted by Crippen LogP contribution is -2.51. The summed E-state index contributed by atoms with van der Waals surface area (Å²) >= 11 is 0. The van der Waals surface area contributed by atoms with Gasteiger partial charge in [0.1, 0.15) is 11.6 Å². The molecular weight excluding hydrogens is 304 g/mol. The van der Waals surface area contributed by atoms with Crippen molar-refractivity contribution < 1.29 is 5.11 Å². The molecule has 1 N–H and O–H groups in total. The van der Waals surface area contributed by atoms with Gasteiger partial charge in [-0.05, 0) is 18.6 Å². The zero-order valence-corrected chi connectivity index (χ0v) is 13.9. The van der Waals surface area contributed by atoms with E-state index in [-0.39, 0.29) is 6.61 Å². The summed E-state index contributed by atoms with van der Waals surface area (Å²) in [6.45, 7) is 6.45. The predicted octanol–water partition coefficient (Wildman–Crippen LogP) is 0.636. The van der Waals surface area contributed by atoms with E-state index in [4.69, 9.17) is 10.1 Å². The van der Waals surface area contributed by atoms with Gasteiger partial charge in [0, 0.05) is 39.1 Å². The number of aryl methyl sites for hydroxylation is 1. The first-order valence-electron chi connectivity index (χ1n) is 8.42. The van der Waals surface area contributed by atoms with Crippen LogP contribution in [0.3, 0.4) is 0 Å². The minimum Gasteiger partial charge on any atom is -0.395 e. The van der Waals surface area contributed by atoms with Crippen LogP contribution in [-0.4, -0.2) is 75.0 Å². The molecule has 126 valence electrons. The van der Waals surface area contributed by atoms with Gasteiger partial charge in [0.25, 0.3) is 0 Å². The number of hydrogen-bond donors (Lipinski definition) is 1. The number of aliphatic imine (C=N–C) groups is 1. The molecule has 1 aromatic heterocycles. The van der Waals surface area contributed by atoms with Gasteiger partial charge in [-0.3, -0.25) is 4.90 Å². The molecule has 0 radical (unpaired) electrons. The number of aliphatic hydroxyl groups is 1. The second kappa shape index (κ2) is 6.33.